The van der Waals surface area contributed by atoms with Gasteiger partial charge in [-0.15, -0.1) is 11.8 Å². The molecule has 0 aliphatic rings. The van der Waals surface area contributed by atoms with Gasteiger partial charge in [-0.25, -0.2) is 15.0 Å². The second-order valence-corrected chi connectivity index (χ2v) is 5.90. The van der Waals surface area contributed by atoms with Gasteiger partial charge in [0, 0.05) is 30.0 Å². The SMILES string of the molecule is Nc1nccnc1C(=O)Nc1cccc(CSc2ccccn2)c1. The third-order valence-corrected chi connectivity index (χ3v) is 4.17. The van der Waals surface area contributed by atoms with Crippen LogP contribution in [0.2, 0.25) is 0 Å². The lowest BCUT2D eigenvalue weighted by Crippen LogP contribution is -2.16. The van der Waals surface area contributed by atoms with Crippen molar-refractivity contribution in [1.82, 2.24) is 15.0 Å². The lowest BCUT2D eigenvalue weighted by molar-refractivity contribution is 0.102. The second-order valence-electron chi connectivity index (χ2n) is 4.90. The van der Waals surface area contributed by atoms with Gasteiger partial charge in [-0.2, -0.15) is 0 Å². The predicted octanol–water partition coefficient (Wildman–Crippen LogP) is 3.00. The molecule has 0 saturated carbocycles. The van der Waals surface area contributed by atoms with E-state index in [0.29, 0.717) is 5.69 Å². The summed E-state index contributed by atoms with van der Waals surface area (Å²) in [7, 11) is 0. The number of anilines is 2. The van der Waals surface area contributed by atoms with Crippen molar-refractivity contribution >= 4 is 29.2 Å². The molecule has 0 fully saturated rings. The number of benzene rings is 1. The Morgan fingerprint density at radius 2 is 1.92 bits per heavy atom. The maximum Gasteiger partial charge on any atom is 0.278 e. The van der Waals surface area contributed by atoms with Crippen molar-refractivity contribution in [2.45, 2.75) is 10.8 Å². The minimum absolute atomic E-state index is 0.108. The van der Waals surface area contributed by atoms with E-state index in [-0.39, 0.29) is 17.4 Å². The number of nitrogens with zero attached hydrogens (tertiary/aromatic N) is 3. The number of carbonyl (C=O) groups excluding carboxylic acids is 1. The summed E-state index contributed by atoms with van der Waals surface area (Å²) in [6, 6.07) is 13.4. The van der Waals surface area contributed by atoms with E-state index in [2.05, 4.69) is 20.3 Å². The first kappa shape index (κ1) is 15.9. The molecule has 7 heteroatoms. The van der Waals surface area contributed by atoms with Crippen LogP contribution in [-0.4, -0.2) is 20.9 Å². The van der Waals surface area contributed by atoms with Crippen molar-refractivity contribution in [1.29, 1.82) is 0 Å². The predicted molar refractivity (Wildman–Crippen MR) is 94.6 cm³/mol. The maximum atomic E-state index is 12.2. The fraction of sp³-hybridized carbons (Fsp3) is 0.0588. The Bertz CT molecular complexity index is 841. The number of nitrogen functional groups attached to an aromatic ring is 1. The van der Waals surface area contributed by atoms with Crippen molar-refractivity contribution in [2.24, 2.45) is 0 Å². The van der Waals surface area contributed by atoms with Crippen LogP contribution in [0.1, 0.15) is 16.1 Å². The van der Waals surface area contributed by atoms with Crippen LogP contribution in [-0.2, 0) is 5.75 Å². The lowest BCUT2D eigenvalue weighted by Gasteiger charge is -2.08. The Morgan fingerprint density at radius 1 is 1.04 bits per heavy atom. The van der Waals surface area contributed by atoms with Gasteiger partial charge in [-0.3, -0.25) is 4.79 Å². The number of aromatic nitrogens is 3. The standard InChI is InChI=1S/C17H15N5OS/c18-16-15(20-8-9-21-16)17(23)22-13-5-3-4-12(10-13)11-24-14-6-1-2-7-19-14/h1-10H,11H2,(H2,18,21)(H,22,23). The molecule has 2 heterocycles. The van der Waals surface area contributed by atoms with Crippen LogP contribution in [0.4, 0.5) is 11.5 Å². The first-order valence-electron chi connectivity index (χ1n) is 7.23. The molecule has 0 unspecified atom stereocenters. The average Bonchev–Trinajstić information content (AvgIpc) is 2.61. The molecule has 120 valence electrons. The van der Waals surface area contributed by atoms with Gasteiger partial charge in [0.25, 0.3) is 5.91 Å². The van der Waals surface area contributed by atoms with Crippen molar-refractivity contribution in [3.05, 3.63) is 72.3 Å². The smallest absolute Gasteiger partial charge is 0.278 e. The van der Waals surface area contributed by atoms with Gasteiger partial charge < -0.3 is 11.1 Å². The Labute approximate surface area is 143 Å². The highest BCUT2D eigenvalue weighted by atomic mass is 32.2. The zero-order valence-corrected chi connectivity index (χ0v) is 13.5. The van der Waals surface area contributed by atoms with Crippen molar-refractivity contribution in [3.63, 3.8) is 0 Å². The highest BCUT2D eigenvalue weighted by Crippen LogP contribution is 2.22. The summed E-state index contributed by atoms with van der Waals surface area (Å²) in [4.78, 5) is 24.3. The molecule has 2 aromatic heterocycles. The van der Waals surface area contributed by atoms with Gasteiger partial charge in [0.05, 0.1) is 5.03 Å². The molecule has 3 rings (SSSR count). The summed E-state index contributed by atoms with van der Waals surface area (Å²) < 4.78 is 0. The van der Waals surface area contributed by atoms with Gasteiger partial charge in [0.2, 0.25) is 0 Å². The van der Waals surface area contributed by atoms with Gasteiger partial charge in [-0.05, 0) is 29.8 Å². The zero-order chi connectivity index (χ0) is 16.8. The molecule has 3 aromatic rings. The Morgan fingerprint density at radius 3 is 2.71 bits per heavy atom. The number of nitrogens with two attached hydrogens (primary N) is 1. The van der Waals surface area contributed by atoms with Crippen LogP contribution < -0.4 is 11.1 Å². The average molecular weight is 337 g/mol. The van der Waals surface area contributed by atoms with Crippen LogP contribution in [0, 0.1) is 0 Å². The van der Waals surface area contributed by atoms with Gasteiger partial charge in [-0.1, -0.05) is 18.2 Å². The number of hydrogen-bond donors (Lipinski definition) is 2. The minimum Gasteiger partial charge on any atom is -0.382 e. The Kier molecular flexibility index (Phi) is 5.02. The van der Waals surface area contributed by atoms with E-state index in [1.807, 2.05) is 42.5 Å². The largest absolute Gasteiger partial charge is 0.382 e. The maximum absolute atomic E-state index is 12.2. The topological polar surface area (TPSA) is 93.8 Å². The van der Waals surface area contributed by atoms with E-state index in [4.69, 9.17) is 5.73 Å². The third kappa shape index (κ3) is 4.08. The highest BCUT2D eigenvalue weighted by Gasteiger charge is 2.12. The first-order chi connectivity index (χ1) is 11.7. The molecule has 0 aliphatic heterocycles. The monoisotopic (exact) mass is 337 g/mol. The molecule has 0 bridgehead atoms. The van der Waals surface area contributed by atoms with E-state index in [1.165, 1.54) is 12.4 Å². The van der Waals surface area contributed by atoms with Gasteiger partial charge in [0.15, 0.2) is 11.5 Å². The van der Waals surface area contributed by atoms with Gasteiger partial charge in [0.1, 0.15) is 0 Å². The van der Waals surface area contributed by atoms with E-state index in [9.17, 15) is 4.79 Å². The number of nitrogens with one attached hydrogen (secondary N) is 1. The first-order valence-corrected chi connectivity index (χ1v) is 8.21. The molecular formula is C17H15N5OS. The van der Waals surface area contributed by atoms with Crippen LogP contribution in [0.15, 0.2) is 66.1 Å². The summed E-state index contributed by atoms with van der Waals surface area (Å²) in [5.41, 5.74) is 7.55. The molecule has 1 aromatic carbocycles. The fourth-order valence-corrected chi connectivity index (χ4v) is 2.85. The zero-order valence-electron chi connectivity index (χ0n) is 12.7. The van der Waals surface area contributed by atoms with E-state index in [1.54, 1.807) is 18.0 Å². The Hall–Kier alpha value is -2.93. The number of thioether (sulfide) groups is 1. The van der Waals surface area contributed by atoms with E-state index in [0.717, 1.165) is 16.3 Å². The van der Waals surface area contributed by atoms with Crippen molar-refractivity contribution in [2.75, 3.05) is 11.1 Å². The summed E-state index contributed by atoms with van der Waals surface area (Å²) in [6.07, 6.45) is 4.65. The lowest BCUT2D eigenvalue weighted by atomic mass is 10.2. The molecule has 0 radical (unpaired) electrons. The minimum atomic E-state index is -0.380. The third-order valence-electron chi connectivity index (χ3n) is 3.15. The highest BCUT2D eigenvalue weighted by molar-refractivity contribution is 7.98. The number of pyridine rings is 1. The number of hydrogen-bond acceptors (Lipinski definition) is 6. The van der Waals surface area contributed by atoms with E-state index < -0.39 is 0 Å². The molecular weight excluding hydrogens is 322 g/mol. The Balaban J connectivity index is 1.67. The summed E-state index contributed by atoms with van der Waals surface area (Å²) in [5, 5.41) is 3.75. The normalized spacial score (nSPS) is 10.3. The van der Waals surface area contributed by atoms with Crippen LogP contribution in [0.3, 0.4) is 0 Å². The molecule has 6 nitrogen and oxygen atoms in total. The number of carbonyl (C=O) groups is 1. The number of rotatable bonds is 5. The molecule has 0 atom stereocenters. The summed E-state index contributed by atoms with van der Waals surface area (Å²) in [5.74, 6) is 0.487. The number of amides is 1. The fourth-order valence-electron chi connectivity index (χ4n) is 2.04. The molecule has 24 heavy (non-hydrogen) atoms. The molecule has 1 amide bonds. The molecule has 0 saturated heterocycles. The quantitative estimate of drug-likeness (QED) is 0.695. The van der Waals surface area contributed by atoms with E-state index >= 15 is 0 Å². The van der Waals surface area contributed by atoms with Crippen molar-refractivity contribution < 1.29 is 4.79 Å². The second kappa shape index (κ2) is 7.56. The van der Waals surface area contributed by atoms with Crippen molar-refractivity contribution in [3.8, 4) is 0 Å². The summed E-state index contributed by atoms with van der Waals surface area (Å²) in [6.45, 7) is 0. The summed E-state index contributed by atoms with van der Waals surface area (Å²) >= 11 is 1.63. The molecule has 0 spiro atoms. The molecule has 0 aliphatic carbocycles. The van der Waals surface area contributed by atoms with Crippen LogP contribution in [0.25, 0.3) is 0 Å². The van der Waals surface area contributed by atoms with Gasteiger partial charge >= 0.3 is 0 Å². The molecule has 3 N–H and O–H groups in total. The van der Waals surface area contributed by atoms with Crippen LogP contribution in [0.5, 0.6) is 0 Å². The van der Waals surface area contributed by atoms with Crippen LogP contribution >= 0.6 is 11.8 Å².